The highest BCUT2D eigenvalue weighted by atomic mass is 32.1. The Morgan fingerprint density at radius 2 is 1.96 bits per heavy atom. The van der Waals surface area contributed by atoms with E-state index >= 15 is 0 Å². The standard InChI is InChI=1S/C21H19N3O2S/c25-21-19-16-9-5-2-6-10-18(16)27-20(19)22-13-24(21)12-15-11-17(26-23-15)14-7-3-1-4-8-14/h1,3-4,7-8,11,13H,2,5-6,9-10,12H2. The zero-order valence-electron chi connectivity index (χ0n) is 14.9. The van der Waals surface area contributed by atoms with Crippen LogP contribution in [0.4, 0.5) is 0 Å². The van der Waals surface area contributed by atoms with Gasteiger partial charge in [-0.1, -0.05) is 41.9 Å². The van der Waals surface area contributed by atoms with Gasteiger partial charge in [-0.25, -0.2) is 4.98 Å². The van der Waals surface area contributed by atoms with Crippen LogP contribution >= 0.6 is 11.3 Å². The fourth-order valence-corrected chi connectivity index (χ4v) is 4.99. The van der Waals surface area contributed by atoms with Gasteiger partial charge in [-0.3, -0.25) is 9.36 Å². The quantitative estimate of drug-likeness (QED) is 0.496. The summed E-state index contributed by atoms with van der Waals surface area (Å²) in [6, 6.07) is 11.7. The Morgan fingerprint density at radius 3 is 2.85 bits per heavy atom. The Balaban J connectivity index is 1.51. The molecule has 1 aliphatic carbocycles. The second kappa shape index (κ2) is 6.78. The second-order valence-electron chi connectivity index (χ2n) is 6.97. The molecule has 0 saturated heterocycles. The number of nitrogens with zero attached hydrogens (tertiary/aromatic N) is 3. The molecule has 0 bridgehead atoms. The van der Waals surface area contributed by atoms with E-state index in [0.717, 1.165) is 40.7 Å². The molecule has 1 aromatic carbocycles. The molecule has 0 radical (unpaired) electrons. The van der Waals surface area contributed by atoms with Gasteiger partial charge in [-0.05, 0) is 31.2 Å². The number of hydrogen-bond donors (Lipinski definition) is 0. The monoisotopic (exact) mass is 377 g/mol. The fourth-order valence-electron chi connectivity index (χ4n) is 3.77. The summed E-state index contributed by atoms with van der Waals surface area (Å²) >= 11 is 1.69. The number of benzene rings is 1. The highest BCUT2D eigenvalue weighted by Gasteiger charge is 2.19. The lowest BCUT2D eigenvalue weighted by Gasteiger charge is -2.03. The van der Waals surface area contributed by atoms with Crippen molar-refractivity contribution < 1.29 is 4.52 Å². The van der Waals surface area contributed by atoms with E-state index in [1.807, 2.05) is 36.4 Å². The van der Waals surface area contributed by atoms with Crippen molar-refractivity contribution >= 4 is 21.6 Å². The Kier molecular flexibility index (Phi) is 4.13. The van der Waals surface area contributed by atoms with E-state index in [0.29, 0.717) is 12.3 Å². The predicted octanol–water partition coefficient (Wildman–Crippen LogP) is 4.43. The summed E-state index contributed by atoms with van der Waals surface area (Å²) in [5, 5.41) is 4.95. The lowest BCUT2D eigenvalue weighted by Crippen LogP contribution is -2.21. The molecule has 0 saturated carbocycles. The molecule has 136 valence electrons. The van der Waals surface area contributed by atoms with Crippen molar-refractivity contribution in [2.45, 2.75) is 38.6 Å². The van der Waals surface area contributed by atoms with E-state index in [1.165, 1.54) is 23.3 Å². The predicted molar refractivity (Wildman–Crippen MR) is 106 cm³/mol. The first-order valence-corrected chi connectivity index (χ1v) is 10.1. The van der Waals surface area contributed by atoms with Gasteiger partial charge < -0.3 is 4.52 Å². The molecular weight excluding hydrogens is 358 g/mol. The zero-order chi connectivity index (χ0) is 18.2. The number of hydrogen-bond acceptors (Lipinski definition) is 5. The molecule has 0 fully saturated rings. The average Bonchev–Trinajstić information content (AvgIpc) is 3.23. The van der Waals surface area contributed by atoms with Gasteiger partial charge in [0.25, 0.3) is 5.56 Å². The third kappa shape index (κ3) is 3.00. The Labute approximate surface area is 160 Å². The largest absolute Gasteiger partial charge is 0.356 e. The first kappa shape index (κ1) is 16.4. The summed E-state index contributed by atoms with van der Waals surface area (Å²) < 4.78 is 7.10. The van der Waals surface area contributed by atoms with E-state index in [9.17, 15) is 4.79 Å². The molecule has 1 aliphatic rings. The summed E-state index contributed by atoms with van der Waals surface area (Å²) in [7, 11) is 0. The molecular formula is C21H19N3O2S. The van der Waals surface area contributed by atoms with Crippen LogP contribution in [0, 0.1) is 0 Å². The number of thiophene rings is 1. The number of aromatic nitrogens is 3. The highest BCUT2D eigenvalue weighted by molar-refractivity contribution is 7.18. The Bertz CT molecular complexity index is 1160. The molecule has 27 heavy (non-hydrogen) atoms. The Hall–Kier alpha value is -2.73. The van der Waals surface area contributed by atoms with Gasteiger partial charge in [0.05, 0.1) is 18.3 Å². The molecule has 0 aliphatic heterocycles. The molecule has 0 spiro atoms. The van der Waals surface area contributed by atoms with Gasteiger partial charge in [0.2, 0.25) is 0 Å². The first-order valence-electron chi connectivity index (χ1n) is 9.30. The van der Waals surface area contributed by atoms with Crippen molar-refractivity contribution in [1.29, 1.82) is 0 Å². The van der Waals surface area contributed by atoms with Crippen molar-refractivity contribution in [3.63, 3.8) is 0 Å². The SMILES string of the molecule is O=c1c2c3c(sc2ncn1Cc1cc(-c2ccccc2)on1)CCCCC3. The minimum atomic E-state index is 0.0312. The van der Waals surface area contributed by atoms with Crippen molar-refractivity contribution in [1.82, 2.24) is 14.7 Å². The van der Waals surface area contributed by atoms with Crippen LogP contribution in [0.3, 0.4) is 0 Å². The van der Waals surface area contributed by atoms with E-state index in [2.05, 4.69) is 10.1 Å². The molecule has 0 atom stereocenters. The molecule has 3 aromatic heterocycles. The van der Waals surface area contributed by atoms with Crippen LogP contribution < -0.4 is 5.56 Å². The number of rotatable bonds is 3. The minimum absolute atomic E-state index is 0.0312. The van der Waals surface area contributed by atoms with Crippen molar-refractivity contribution in [3.8, 4) is 11.3 Å². The van der Waals surface area contributed by atoms with Crippen LogP contribution in [-0.2, 0) is 19.4 Å². The van der Waals surface area contributed by atoms with Crippen molar-refractivity contribution in [3.05, 3.63) is 69.2 Å². The second-order valence-corrected chi connectivity index (χ2v) is 8.05. The Morgan fingerprint density at radius 1 is 1.11 bits per heavy atom. The zero-order valence-corrected chi connectivity index (χ0v) is 15.7. The molecule has 6 heteroatoms. The number of fused-ring (bicyclic) bond motifs is 3. The van der Waals surface area contributed by atoms with Gasteiger partial charge in [0.15, 0.2) is 5.76 Å². The molecule has 4 aromatic rings. The summed E-state index contributed by atoms with van der Waals surface area (Å²) in [6.07, 6.45) is 7.28. The van der Waals surface area contributed by atoms with Crippen molar-refractivity contribution in [2.24, 2.45) is 0 Å². The molecule has 0 unspecified atom stereocenters. The lowest BCUT2D eigenvalue weighted by atomic mass is 10.1. The van der Waals surface area contributed by atoms with Gasteiger partial charge in [-0.15, -0.1) is 11.3 Å². The van der Waals surface area contributed by atoms with E-state index in [1.54, 1.807) is 22.2 Å². The van der Waals surface area contributed by atoms with Crippen LogP contribution in [-0.4, -0.2) is 14.7 Å². The summed E-state index contributed by atoms with van der Waals surface area (Å²) in [5.74, 6) is 0.706. The van der Waals surface area contributed by atoms with E-state index in [4.69, 9.17) is 4.52 Å². The highest BCUT2D eigenvalue weighted by Crippen LogP contribution is 2.32. The van der Waals surface area contributed by atoms with Crippen LogP contribution in [0.5, 0.6) is 0 Å². The minimum Gasteiger partial charge on any atom is -0.356 e. The van der Waals surface area contributed by atoms with E-state index in [-0.39, 0.29) is 5.56 Å². The van der Waals surface area contributed by atoms with Gasteiger partial charge in [-0.2, -0.15) is 0 Å². The summed E-state index contributed by atoms with van der Waals surface area (Å²) in [4.78, 5) is 19.9. The molecule has 5 rings (SSSR count). The molecule has 5 nitrogen and oxygen atoms in total. The third-order valence-corrected chi connectivity index (χ3v) is 6.34. The summed E-state index contributed by atoms with van der Waals surface area (Å²) in [6.45, 7) is 0.364. The topological polar surface area (TPSA) is 60.9 Å². The van der Waals surface area contributed by atoms with E-state index < -0.39 is 0 Å². The maximum atomic E-state index is 13.1. The smallest absolute Gasteiger partial charge is 0.262 e. The molecule has 0 N–H and O–H groups in total. The van der Waals surface area contributed by atoms with Crippen LogP contribution in [0.1, 0.15) is 35.4 Å². The average molecular weight is 377 g/mol. The van der Waals surface area contributed by atoms with Gasteiger partial charge >= 0.3 is 0 Å². The third-order valence-electron chi connectivity index (χ3n) is 5.14. The number of aryl methyl sites for hydroxylation is 2. The molecule has 3 heterocycles. The van der Waals surface area contributed by atoms with Crippen molar-refractivity contribution in [2.75, 3.05) is 0 Å². The lowest BCUT2D eigenvalue weighted by molar-refractivity contribution is 0.420. The molecule has 0 amide bonds. The first-order chi connectivity index (χ1) is 13.3. The van der Waals surface area contributed by atoms with Crippen LogP contribution in [0.15, 0.2) is 52.0 Å². The van der Waals surface area contributed by atoms with Crippen LogP contribution in [0.25, 0.3) is 21.5 Å². The normalized spacial score (nSPS) is 14.2. The fraction of sp³-hybridized carbons (Fsp3) is 0.286. The maximum absolute atomic E-state index is 13.1. The van der Waals surface area contributed by atoms with Gasteiger partial charge in [0.1, 0.15) is 10.5 Å². The maximum Gasteiger partial charge on any atom is 0.262 e. The van der Waals surface area contributed by atoms with Gasteiger partial charge in [0, 0.05) is 16.5 Å². The summed E-state index contributed by atoms with van der Waals surface area (Å²) in [5.41, 5.74) is 2.95. The van der Waals surface area contributed by atoms with Crippen LogP contribution in [0.2, 0.25) is 0 Å².